The van der Waals surface area contributed by atoms with Gasteiger partial charge in [0.1, 0.15) is 16.6 Å². The Morgan fingerprint density at radius 2 is 2.10 bits per heavy atom. The molecule has 5 nitrogen and oxygen atoms in total. The third-order valence-electron chi connectivity index (χ3n) is 2.97. The first-order valence-electron chi connectivity index (χ1n) is 6.21. The predicted octanol–water partition coefficient (Wildman–Crippen LogP) is 3.85. The van der Waals surface area contributed by atoms with Crippen LogP contribution >= 0.6 is 11.6 Å². The van der Waals surface area contributed by atoms with E-state index >= 15 is 0 Å². The molecule has 0 aliphatic heterocycles. The lowest BCUT2D eigenvalue weighted by Crippen LogP contribution is -1.97. The van der Waals surface area contributed by atoms with Crippen molar-refractivity contribution in [3.63, 3.8) is 0 Å². The molecule has 0 unspecified atom stereocenters. The van der Waals surface area contributed by atoms with Crippen molar-refractivity contribution in [3.8, 4) is 17.0 Å². The van der Waals surface area contributed by atoms with Gasteiger partial charge in [0.05, 0.1) is 11.0 Å². The summed E-state index contributed by atoms with van der Waals surface area (Å²) in [5.41, 5.74) is 0.805. The number of hydrogen-bond acceptors (Lipinski definition) is 4. The van der Waals surface area contributed by atoms with Gasteiger partial charge in [-0.05, 0) is 31.0 Å². The molecule has 1 fully saturated rings. The summed E-state index contributed by atoms with van der Waals surface area (Å²) >= 11 is 5.84. The van der Waals surface area contributed by atoms with Gasteiger partial charge in [0.2, 0.25) is 0 Å². The fourth-order valence-corrected chi connectivity index (χ4v) is 2.03. The molecular formula is C14H11ClN2O3. The van der Waals surface area contributed by atoms with Crippen LogP contribution in [0, 0.1) is 10.1 Å². The Balaban J connectivity index is 2.02. The van der Waals surface area contributed by atoms with Crippen LogP contribution in [0.3, 0.4) is 0 Å². The van der Waals surface area contributed by atoms with Gasteiger partial charge in [-0.1, -0.05) is 23.7 Å². The SMILES string of the molecule is O=[N+]([O-])c1ccc(Cl)nc1-c1cccc(OC2CC2)c1. The molecule has 20 heavy (non-hydrogen) atoms. The minimum absolute atomic E-state index is 0.0713. The Bertz CT molecular complexity index is 671. The molecule has 0 amide bonds. The highest BCUT2D eigenvalue weighted by Gasteiger charge is 2.24. The minimum atomic E-state index is -0.465. The Kier molecular flexibility index (Phi) is 3.28. The number of nitro groups is 1. The third kappa shape index (κ3) is 2.72. The van der Waals surface area contributed by atoms with Gasteiger partial charge in [-0.25, -0.2) is 4.98 Å². The van der Waals surface area contributed by atoms with E-state index in [1.807, 2.05) is 6.07 Å². The zero-order valence-electron chi connectivity index (χ0n) is 10.5. The molecule has 0 N–H and O–H groups in total. The first kappa shape index (κ1) is 12.9. The number of halogens is 1. The molecule has 0 radical (unpaired) electrons. The van der Waals surface area contributed by atoms with Gasteiger partial charge in [0.15, 0.2) is 0 Å². The zero-order valence-corrected chi connectivity index (χ0v) is 11.2. The maximum atomic E-state index is 11.1. The van der Waals surface area contributed by atoms with Gasteiger partial charge in [0, 0.05) is 11.6 Å². The first-order chi connectivity index (χ1) is 9.63. The quantitative estimate of drug-likeness (QED) is 0.487. The largest absolute Gasteiger partial charge is 0.490 e. The van der Waals surface area contributed by atoms with E-state index in [1.54, 1.807) is 18.2 Å². The van der Waals surface area contributed by atoms with Gasteiger partial charge < -0.3 is 4.74 Å². The lowest BCUT2D eigenvalue weighted by molar-refractivity contribution is -0.384. The van der Waals surface area contributed by atoms with E-state index in [0.717, 1.165) is 12.8 Å². The van der Waals surface area contributed by atoms with Gasteiger partial charge in [0.25, 0.3) is 5.69 Å². The Morgan fingerprint density at radius 3 is 2.80 bits per heavy atom. The van der Waals surface area contributed by atoms with Crippen LogP contribution in [0.4, 0.5) is 5.69 Å². The van der Waals surface area contributed by atoms with Crippen molar-refractivity contribution in [3.05, 3.63) is 51.7 Å². The molecule has 6 heteroatoms. The summed E-state index contributed by atoms with van der Waals surface area (Å²) in [6, 6.07) is 9.90. The van der Waals surface area contributed by atoms with Crippen molar-refractivity contribution < 1.29 is 9.66 Å². The third-order valence-corrected chi connectivity index (χ3v) is 3.18. The summed E-state index contributed by atoms with van der Waals surface area (Å²) in [5.74, 6) is 0.695. The summed E-state index contributed by atoms with van der Waals surface area (Å²) in [6.45, 7) is 0. The molecule has 102 valence electrons. The fourth-order valence-electron chi connectivity index (χ4n) is 1.88. The van der Waals surface area contributed by atoms with Crippen LogP contribution in [0.1, 0.15) is 12.8 Å². The van der Waals surface area contributed by atoms with E-state index in [-0.39, 0.29) is 22.6 Å². The van der Waals surface area contributed by atoms with E-state index in [4.69, 9.17) is 16.3 Å². The second kappa shape index (κ2) is 5.09. The molecule has 1 aromatic carbocycles. The monoisotopic (exact) mass is 290 g/mol. The lowest BCUT2D eigenvalue weighted by atomic mass is 10.1. The molecule has 0 bridgehead atoms. The van der Waals surface area contributed by atoms with Crippen molar-refractivity contribution in [1.82, 2.24) is 4.98 Å². The van der Waals surface area contributed by atoms with Crippen molar-refractivity contribution >= 4 is 17.3 Å². The maximum absolute atomic E-state index is 11.1. The number of pyridine rings is 1. The average Bonchev–Trinajstić information content (AvgIpc) is 3.22. The van der Waals surface area contributed by atoms with Crippen LogP contribution in [0.25, 0.3) is 11.3 Å². The molecule has 3 rings (SSSR count). The van der Waals surface area contributed by atoms with E-state index < -0.39 is 4.92 Å². The summed E-state index contributed by atoms with van der Waals surface area (Å²) < 4.78 is 5.69. The highest BCUT2D eigenvalue weighted by Crippen LogP contribution is 2.33. The van der Waals surface area contributed by atoms with Crippen molar-refractivity contribution in [2.24, 2.45) is 0 Å². The van der Waals surface area contributed by atoms with Crippen molar-refractivity contribution in [2.75, 3.05) is 0 Å². The number of ether oxygens (including phenoxy) is 1. The number of benzene rings is 1. The molecule has 1 aliphatic rings. The van der Waals surface area contributed by atoms with Gasteiger partial charge >= 0.3 is 0 Å². The van der Waals surface area contributed by atoms with E-state index in [0.29, 0.717) is 11.3 Å². The van der Waals surface area contributed by atoms with Crippen molar-refractivity contribution in [2.45, 2.75) is 18.9 Å². The molecular weight excluding hydrogens is 280 g/mol. The highest BCUT2D eigenvalue weighted by molar-refractivity contribution is 6.29. The molecule has 1 aromatic heterocycles. The van der Waals surface area contributed by atoms with Gasteiger partial charge in [-0.15, -0.1) is 0 Å². The maximum Gasteiger partial charge on any atom is 0.295 e. The smallest absolute Gasteiger partial charge is 0.295 e. The number of nitrogens with zero attached hydrogens (tertiary/aromatic N) is 2. The summed E-state index contributed by atoms with van der Waals surface area (Å²) in [7, 11) is 0. The lowest BCUT2D eigenvalue weighted by Gasteiger charge is -2.07. The van der Waals surface area contributed by atoms with Crippen LogP contribution in [0.2, 0.25) is 5.15 Å². The highest BCUT2D eigenvalue weighted by atomic mass is 35.5. The van der Waals surface area contributed by atoms with Crippen LogP contribution in [-0.2, 0) is 0 Å². The Hall–Kier alpha value is -2.14. The summed E-state index contributed by atoms with van der Waals surface area (Å²) in [6.07, 6.45) is 2.38. The average molecular weight is 291 g/mol. The normalized spacial score (nSPS) is 14.1. The van der Waals surface area contributed by atoms with Gasteiger partial charge in [-0.3, -0.25) is 10.1 Å². The topological polar surface area (TPSA) is 65.3 Å². The minimum Gasteiger partial charge on any atom is -0.490 e. The molecule has 1 saturated carbocycles. The fraction of sp³-hybridized carbons (Fsp3) is 0.214. The van der Waals surface area contributed by atoms with Crippen LogP contribution in [0.5, 0.6) is 5.75 Å². The Labute approximate surface area is 120 Å². The molecule has 1 aliphatic carbocycles. The number of rotatable bonds is 4. The van der Waals surface area contributed by atoms with E-state index in [2.05, 4.69) is 4.98 Å². The molecule has 1 heterocycles. The predicted molar refractivity (Wildman–Crippen MR) is 75.0 cm³/mol. The second-order valence-corrected chi connectivity index (χ2v) is 4.99. The molecule has 0 spiro atoms. The second-order valence-electron chi connectivity index (χ2n) is 4.60. The van der Waals surface area contributed by atoms with E-state index in [9.17, 15) is 10.1 Å². The number of aromatic nitrogens is 1. The first-order valence-corrected chi connectivity index (χ1v) is 6.59. The summed E-state index contributed by atoms with van der Waals surface area (Å²) in [4.78, 5) is 14.7. The molecule has 0 saturated heterocycles. The molecule has 2 aromatic rings. The van der Waals surface area contributed by atoms with E-state index in [1.165, 1.54) is 12.1 Å². The van der Waals surface area contributed by atoms with Crippen molar-refractivity contribution in [1.29, 1.82) is 0 Å². The molecule has 0 atom stereocenters. The van der Waals surface area contributed by atoms with Crippen LogP contribution in [0.15, 0.2) is 36.4 Å². The number of hydrogen-bond donors (Lipinski definition) is 0. The van der Waals surface area contributed by atoms with Crippen LogP contribution in [-0.4, -0.2) is 16.0 Å². The summed E-state index contributed by atoms with van der Waals surface area (Å²) in [5, 5.41) is 11.3. The van der Waals surface area contributed by atoms with Crippen LogP contribution < -0.4 is 4.74 Å². The van der Waals surface area contributed by atoms with Gasteiger partial charge in [-0.2, -0.15) is 0 Å². The zero-order chi connectivity index (χ0) is 14.1. The Morgan fingerprint density at radius 1 is 1.30 bits per heavy atom. The standard InChI is InChI=1S/C14H11ClN2O3/c15-13-7-6-12(17(18)19)14(16-13)9-2-1-3-11(8-9)20-10-4-5-10/h1-3,6-8,10H,4-5H2.